The number of hydrogen-bond donors (Lipinski definition) is 1. The average molecular weight is 279 g/mol. The van der Waals surface area contributed by atoms with Crippen LogP contribution in [0.3, 0.4) is 0 Å². The Hall–Kier alpha value is -1.64. The Labute approximate surface area is 126 Å². The average Bonchev–Trinajstić information content (AvgIpc) is 2.92. The number of benzene rings is 2. The van der Waals surface area contributed by atoms with E-state index in [0.29, 0.717) is 6.04 Å². The van der Waals surface area contributed by atoms with Crippen LogP contribution in [0.25, 0.3) is 11.1 Å². The van der Waals surface area contributed by atoms with E-state index >= 15 is 0 Å². The molecule has 4 rings (SSSR count). The van der Waals surface area contributed by atoms with Gasteiger partial charge in [0.25, 0.3) is 0 Å². The predicted octanol–water partition coefficient (Wildman–Crippen LogP) is 3.70. The Morgan fingerprint density at radius 2 is 1.95 bits per heavy atom. The monoisotopic (exact) mass is 279 g/mol. The number of nitrogens with one attached hydrogen (secondary N) is 1. The van der Waals surface area contributed by atoms with Crippen LogP contribution in [0.5, 0.6) is 0 Å². The summed E-state index contributed by atoms with van der Waals surface area (Å²) >= 11 is 0. The van der Waals surface area contributed by atoms with Crippen LogP contribution < -0.4 is 5.32 Å². The van der Waals surface area contributed by atoms with Crippen molar-refractivity contribution in [3.05, 3.63) is 59.2 Å². The summed E-state index contributed by atoms with van der Waals surface area (Å²) in [7, 11) is 0. The van der Waals surface area contributed by atoms with E-state index in [1.165, 1.54) is 27.8 Å². The van der Waals surface area contributed by atoms with E-state index in [4.69, 9.17) is 4.74 Å². The van der Waals surface area contributed by atoms with Crippen LogP contribution in [0.1, 0.15) is 36.1 Å². The van der Waals surface area contributed by atoms with Crippen LogP contribution in [-0.4, -0.2) is 19.2 Å². The lowest BCUT2D eigenvalue weighted by molar-refractivity contribution is 0.00221. The van der Waals surface area contributed by atoms with E-state index in [2.05, 4.69) is 54.7 Å². The van der Waals surface area contributed by atoms with Gasteiger partial charge in [-0.1, -0.05) is 49.4 Å². The second-order valence-corrected chi connectivity index (χ2v) is 6.09. The SMILES string of the molecule is CCC1COC(c2ccc3c(c2)Cc2ccccc2-3)CN1. The quantitative estimate of drug-likeness (QED) is 0.772. The van der Waals surface area contributed by atoms with Crippen LogP contribution >= 0.6 is 0 Å². The molecule has 2 atom stereocenters. The van der Waals surface area contributed by atoms with Gasteiger partial charge in [0.2, 0.25) is 0 Å². The Bertz CT molecular complexity index is 656. The molecule has 2 aliphatic rings. The molecule has 1 N–H and O–H groups in total. The van der Waals surface area contributed by atoms with Gasteiger partial charge in [0.1, 0.15) is 0 Å². The molecule has 0 saturated carbocycles. The molecule has 1 fully saturated rings. The molecule has 108 valence electrons. The number of rotatable bonds is 2. The molecule has 1 saturated heterocycles. The van der Waals surface area contributed by atoms with Crippen molar-refractivity contribution in [1.82, 2.24) is 5.32 Å². The van der Waals surface area contributed by atoms with E-state index in [1.807, 2.05) is 0 Å². The molecule has 0 radical (unpaired) electrons. The summed E-state index contributed by atoms with van der Waals surface area (Å²) in [6.45, 7) is 3.94. The lowest BCUT2D eigenvalue weighted by atomic mass is 10.00. The number of fused-ring (bicyclic) bond motifs is 3. The van der Waals surface area contributed by atoms with Crippen molar-refractivity contribution in [2.75, 3.05) is 13.2 Å². The van der Waals surface area contributed by atoms with Gasteiger partial charge in [-0.2, -0.15) is 0 Å². The van der Waals surface area contributed by atoms with Crippen molar-refractivity contribution in [3.8, 4) is 11.1 Å². The third-order valence-electron chi connectivity index (χ3n) is 4.77. The first-order valence-corrected chi connectivity index (χ1v) is 7.91. The van der Waals surface area contributed by atoms with Gasteiger partial charge in [-0.25, -0.2) is 0 Å². The summed E-state index contributed by atoms with van der Waals surface area (Å²) < 4.78 is 6.04. The molecule has 1 heterocycles. The van der Waals surface area contributed by atoms with Crippen molar-refractivity contribution >= 4 is 0 Å². The van der Waals surface area contributed by atoms with Crippen LogP contribution in [0.4, 0.5) is 0 Å². The molecule has 0 aromatic heterocycles. The largest absolute Gasteiger partial charge is 0.371 e. The minimum absolute atomic E-state index is 0.196. The van der Waals surface area contributed by atoms with E-state index in [0.717, 1.165) is 26.0 Å². The fraction of sp³-hybridized carbons (Fsp3) is 0.368. The molecule has 2 unspecified atom stereocenters. The minimum atomic E-state index is 0.196. The van der Waals surface area contributed by atoms with Crippen molar-refractivity contribution in [2.24, 2.45) is 0 Å². The molecule has 2 aromatic carbocycles. The molecule has 1 aliphatic heterocycles. The van der Waals surface area contributed by atoms with Gasteiger partial charge in [-0.3, -0.25) is 0 Å². The molecule has 2 heteroatoms. The number of ether oxygens (including phenoxy) is 1. The zero-order chi connectivity index (χ0) is 14.2. The van der Waals surface area contributed by atoms with Crippen LogP contribution in [-0.2, 0) is 11.2 Å². The Morgan fingerprint density at radius 3 is 2.76 bits per heavy atom. The third-order valence-corrected chi connectivity index (χ3v) is 4.77. The summed E-state index contributed by atoms with van der Waals surface area (Å²) in [6, 6.07) is 16.1. The molecule has 21 heavy (non-hydrogen) atoms. The van der Waals surface area contributed by atoms with Crippen molar-refractivity contribution in [3.63, 3.8) is 0 Å². The highest BCUT2D eigenvalue weighted by Crippen LogP contribution is 2.38. The first-order chi connectivity index (χ1) is 10.3. The summed E-state index contributed by atoms with van der Waals surface area (Å²) in [5.41, 5.74) is 6.98. The summed E-state index contributed by atoms with van der Waals surface area (Å²) in [4.78, 5) is 0. The maximum Gasteiger partial charge on any atom is 0.0950 e. The highest BCUT2D eigenvalue weighted by molar-refractivity contribution is 5.76. The summed E-state index contributed by atoms with van der Waals surface area (Å²) in [6.07, 6.45) is 2.38. The molecule has 0 spiro atoms. The fourth-order valence-corrected chi connectivity index (χ4v) is 3.47. The number of morpholine rings is 1. The van der Waals surface area contributed by atoms with Crippen molar-refractivity contribution in [1.29, 1.82) is 0 Å². The lowest BCUT2D eigenvalue weighted by Crippen LogP contribution is -2.42. The van der Waals surface area contributed by atoms with Gasteiger partial charge in [0.15, 0.2) is 0 Å². The first-order valence-electron chi connectivity index (χ1n) is 7.91. The maximum atomic E-state index is 6.04. The molecular formula is C19H21NO. The van der Waals surface area contributed by atoms with Gasteiger partial charge in [0, 0.05) is 12.6 Å². The van der Waals surface area contributed by atoms with Gasteiger partial charge < -0.3 is 10.1 Å². The highest BCUT2D eigenvalue weighted by atomic mass is 16.5. The normalized spacial score (nSPS) is 23.7. The second kappa shape index (κ2) is 5.28. The fourth-order valence-electron chi connectivity index (χ4n) is 3.47. The van der Waals surface area contributed by atoms with E-state index in [1.54, 1.807) is 0 Å². The highest BCUT2D eigenvalue weighted by Gasteiger charge is 2.24. The van der Waals surface area contributed by atoms with Crippen molar-refractivity contribution < 1.29 is 4.74 Å². The first kappa shape index (κ1) is 13.1. The van der Waals surface area contributed by atoms with Crippen LogP contribution in [0.15, 0.2) is 42.5 Å². The lowest BCUT2D eigenvalue weighted by Gasteiger charge is -2.30. The van der Waals surface area contributed by atoms with Gasteiger partial charge in [-0.05, 0) is 40.7 Å². The molecule has 2 aromatic rings. The summed E-state index contributed by atoms with van der Waals surface area (Å²) in [5, 5.41) is 3.58. The van der Waals surface area contributed by atoms with Gasteiger partial charge in [-0.15, -0.1) is 0 Å². The van der Waals surface area contributed by atoms with Crippen molar-refractivity contribution in [2.45, 2.75) is 31.9 Å². The van der Waals surface area contributed by atoms with Crippen LogP contribution in [0, 0.1) is 0 Å². The van der Waals surface area contributed by atoms with Gasteiger partial charge >= 0.3 is 0 Å². The summed E-state index contributed by atoms with van der Waals surface area (Å²) in [5.74, 6) is 0. The Morgan fingerprint density at radius 1 is 1.10 bits per heavy atom. The maximum absolute atomic E-state index is 6.04. The topological polar surface area (TPSA) is 21.3 Å². The van der Waals surface area contributed by atoms with E-state index in [-0.39, 0.29) is 6.10 Å². The zero-order valence-electron chi connectivity index (χ0n) is 12.4. The Balaban J connectivity index is 1.59. The van der Waals surface area contributed by atoms with Crippen LogP contribution in [0.2, 0.25) is 0 Å². The van der Waals surface area contributed by atoms with E-state index < -0.39 is 0 Å². The third kappa shape index (κ3) is 2.29. The second-order valence-electron chi connectivity index (χ2n) is 6.09. The smallest absolute Gasteiger partial charge is 0.0950 e. The zero-order valence-corrected chi connectivity index (χ0v) is 12.4. The molecule has 0 bridgehead atoms. The molecule has 0 amide bonds. The molecule has 2 nitrogen and oxygen atoms in total. The van der Waals surface area contributed by atoms with Gasteiger partial charge in [0.05, 0.1) is 12.7 Å². The molecule has 1 aliphatic carbocycles. The molecular weight excluding hydrogens is 258 g/mol. The Kier molecular flexibility index (Phi) is 3.28. The predicted molar refractivity (Wildman–Crippen MR) is 85.5 cm³/mol. The minimum Gasteiger partial charge on any atom is -0.371 e. The van der Waals surface area contributed by atoms with E-state index in [9.17, 15) is 0 Å². The number of hydrogen-bond acceptors (Lipinski definition) is 2. The standard InChI is InChI=1S/C19H21NO/c1-2-16-12-21-19(11-20-16)14-7-8-18-15(10-14)9-13-5-3-4-6-17(13)18/h3-8,10,16,19-20H,2,9,11-12H2,1H3.